The molecule has 0 aromatic rings. The third-order valence-corrected chi connectivity index (χ3v) is 1.75. The maximum atomic E-state index is 10.5. The van der Waals surface area contributed by atoms with E-state index in [0.717, 1.165) is 0 Å². The molecule has 0 unspecified atom stereocenters. The van der Waals surface area contributed by atoms with E-state index in [1.807, 2.05) is 0 Å². The first kappa shape index (κ1) is 13.9. The molecule has 0 aromatic carbocycles. The van der Waals surface area contributed by atoms with Crippen molar-refractivity contribution in [2.45, 2.75) is 20.4 Å². The Balaban J connectivity index is 0. The highest BCUT2D eigenvalue weighted by Gasteiger charge is 2.17. The smallest absolute Gasteiger partial charge is 0.302 e. The molecular formula is C5H17O4PSi. The third kappa shape index (κ3) is 10.3. The molecule has 0 aliphatic heterocycles. The van der Waals surface area contributed by atoms with Gasteiger partial charge in [-0.25, -0.2) is 4.57 Å². The second-order valence-corrected chi connectivity index (χ2v) is 2.76. The average molecular weight is 200 g/mol. The minimum Gasteiger partial charge on any atom is -0.302 e. The van der Waals surface area contributed by atoms with Crippen LogP contribution < -0.4 is 0 Å². The Morgan fingerprint density at radius 1 is 1.27 bits per heavy atom. The van der Waals surface area contributed by atoms with Gasteiger partial charge in [0.1, 0.15) is 0 Å². The average Bonchev–Trinajstić information content (AvgIpc) is 1.91. The van der Waals surface area contributed by atoms with Crippen LogP contribution in [0.5, 0.6) is 0 Å². The number of phosphoric ester groups is 1. The summed E-state index contributed by atoms with van der Waals surface area (Å²) < 4.78 is 19.2. The molecule has 0 atom stereocenters. The normalized spacial score (nSPS) is 10.5. The van der Waals surface area contributed by atoms with Gasteiger partial charge >= 0.3 is 7.82 Å². The van der Waals surface area contributed by atoms with Crippen molar-refractivity contribution in [1.29, 1.82) is 0 Å². The van der Waals surface area contributed by atoms with Crippen LogP contribution in [0.3, 0.4) is 0 Å². The molecule has 6 heteroatoms. The maximum Gasteiger partial charge on any atom is 0.472 e. The summed E-state index contributed by atoms with van der Waals surface area (Å²) >= 11 is 0. The highest BCUT2D eigenvalue weighted by molar-refractivity contribution is 7.47. The van der Waals surface area contributed by atoms with Gasteiger partial charge in [0.05, 0.1) is 13.2 Å². The van der Waals surface area contributed by atoms with Gasteiger partial charge in [-0.15, -0.1) is 0 Å². The highest BCUT2D eigenvalue weighted by atomic mass is 31.2. The summed E-state index contributed by atoms with van der Waals surface area (Å²) in [6, 6.07) is 0. The topological polar surface area (TPSA) is 55.8 Å². The van der Waals surface area contributed by atoms with Gasteiger partial charge in [-0.2, -0.15) is 0 Å². The molecule has 0 saturated carbocycles. The number of hydrogen-bond donors (Lipinski definition) is 1. The summed E-state index contributed by atoms with van der Waals surface area (Å²) in [7, 11) is -2.39. The van der Waals surface area contributed by atoms with Crippen molar-refractivity contribution in [1.82, 2.24) is 0 Å². The first-order chi connectivity index (χ1) is 5.12. The summed E-state index contributed by atoms with van der Waals surface area (Å²) in [5.41, 5.74) is 0. The van der Waals surface area contributed by atoms with Crippen LogP contribution in [0.4, 0.5) is 0 Å². The predicted molar refractivity (Wildman–Crippen MR) is 48.9 cm³/mol. The number of rotatable bonds is 4. The molecular weight excluding hydrogens is 183 g/mol. The van der Waals surface area contributed by atoms with E-state index >= 15 is 0 Å². The quantitative estimate of drug-likeness (QED) is 0.532. The lowest BCUT2D eigenvalue weighted by molar-refractivity contribution is 0.161. The summed E-state index contributed by atoms with van der Waals surface area (Å²) in [5.74, 6) is 0. The van der Waals surface area contributed by atoms with E-state index < -0.39 is 7.82 Å². The van der Waals surface area contributed by atoms with Gasteiger partial charge in [0.25, 0.3) is 0 Å². The maximum absolute atomic E-state index is 10.5. The molecule has 70 valence electrons. The zero-order valence-corrected chi connectivity index (χ0v) is 10.4. The molecule has 0 bridgehead atoms. The fourth-order valence-electron chi connectivity index (χ4n) is 0.364. The second kappa shape index (κ2) is 8.42. The predicted octanol–water partition coefficient (Wildman–Crippen LogP) is 0.560. The molecule has 0 fully saturated rings. The zero-order valence-electron chi connectivity index (χ0n) is 7.53. The Kier molecular flexibility index (Phi) is 10.6. The summed E-state index contributed by atoms with van der Waals surface area (Å²) in [6.45, 7) is 5.77. The molecule has 0 aliphatic carbocycles. The van der Waals surface area contributed by atoms with Crippen molar-refractivity contribution in [2.24, 2.45) is 0 Å². The first-order valence-corrected chi connectivity index (χ1v) is 7.23. The van der Waals surface area contributed by atoms with Crippen molar-refractivity contribution in [2.75, 3.05) is 13.2 Å². The van der Waals surface area contributed by atoms with Gasteiger partial charge in [-0.05, 0) is 24.1 Å². The van der Waals surface area contributed by atoms with Gasteiger partial charge in [0.15, 0.2) is 0 Å². The molecule has 0 aliphatic rings. The van der Waals surface area contributed by atoms with Crippen LogP contribution in [0.1, 0.15) is 13.8 Å². The molecule has 0 rings (SSSR count). The van der Waals surface area contributed by atoms with E-state index in [4.69, 9.17) is 4.89 Å². The molecule has 0 saturated heterocycles. The monoisotopic (exact) mass is 200 g/mol. The Hall–Kier alpha value is 0.327. The van der Waals surface area contributed by atoms with Gasteiger partial charge in [0, 0.05) is 0 Å². The molecule has 1 N–H and O–H groups in total. The van der Waals surface area contributed by atoms with Crippen LogP contribution in [0.2, 0.25) is 6.55 Å². The van der Waals surface area contributed by atoms with Gasteiger partial charge in [0.2, 0.25) is 0 Å². The lowest BCUT2D eigenvalue weighted by Crippen LogP contribution is -1.93. The van der Waals surface area contributed by atoms with E-state index in [2.05, 4.69) is 15.6 Å². The molecule has 0 spiro atoms. The lowest BCUT2D eigenvalue weighted by atomic mass is 10.9. The third-order valence-electron chi connectivity index (χ3n) is 0.584. The van der Waals surface area contributed by atoms with Crippen molar-refractivity contribution < 1.29 is 18.5 Å². The van der Waals surface area contributed by atoms with Crippen LogP contribution in [0, 0.1) is 0 Å². The summed E-state index contributed by atoms with van der Waals surface area (Å²) in [5, 5.41) is 0. The summed E-state index contributed by atoms with van der Waals surface area (Å²) in [4.78, 5) is 8.63. The van der Waals surface area contributed by atoms with Crippen molar-refractivity contribution in [3.8, 4) is 0 Å². The van der Waals surface area contributed by atoms with Crippen molar-refractivity contribution >= 4 is 18.1 Å². The van der Waals surface area contributed by atoms with E-state index in [-0.39, 0.29) is 13.2 Å². The Labute approximate surface area is 70.9 Å². The Bertz CT molecular complexity index is 109. The molecule has 0 radical (unpaired) electrons. The summed E-state index contributed by atoms with van der Waals surface area (Å²) in [6.07, 6.45) is 0. The molecule has 0 aromatic heterocycles. The van der Waals surface area contributed by atoms with E-state index in [0.29, 0.717) is 0 Å². The van der Waals surface area contributed by atoms with Crippen molar-refractivity contribution in [3.63, 3.8) is 0 Å². The molecule has 0 amide bonds. The minimum absolute atomic E-state index is 0.188. The van der Waals surface area contributed by atoms with Gasteiger partial charge in [-0.1, -0.05) is 6.55 Å². The van der Waals surface area contributed by atoms with Crippen LogP contribution in [-0.2, 0) is 13.6 Å². The minimum atomic E-state index is -3.69. The van der Waals surface area contributed by atoms with E-state index in [1.54, 1.807) is 13.8 Å². The van der Waals surface area contributed by atoms with Crippen LogP contribution in [-0.4, -0.2) is 28.3 Å². The fourth-order valence-corrected chi connectivity index (χ4v) is 1.09. The number of phosphoric acid groups is 1. The second-order valence-electron chi connectivity index (χ2n) is 1.30. The van der Waals surface area contributed by atoms with Gasteiger partial charge in [-0.3, -0.25) is 9.05 Å². The first-order valence-electron chi connectivity index (χ1n) is 3.74. The largest absolute Gasteiger partial charge is 0.472 e. The van der Waals surface area contributed by atoms with E-state index in [1.165, 1.54) is 10.2 Å². The van der Waals surface area contributed by atoms with Crippen molar-refractivity contribution in [3.05, 3.63) is 0 Å². The highest BCUT2D eigenvalue weighted by Crippen LogP contribution is 2.42. The molecule has 11 heavy (non-hydrogen) atoms. The number of hydrogen-bond acceptors (Lipinski definition) is 3. The fraction of sp³-hybridized carbons (Fsp3) is 1.00. The van der Waals surface area contributed by atoms with Crippen LogP contribution in [0.15, 0.2) is 0 Å². The standard InChI is InChI=1S/C4H11O4P.CH6Si/c1-3-7-9(5,6)8-4-2;1-2/h3-4H2,1-2H3,(H,5,6);1-2H3. The van der Waals surface area contributed by atoms with Crippen LogP contribution in [0.25, 0.3) is 0 Å². The Morgan fingerprint density at radius 3 is 1.73 bits per heavy atom. The lowest BCUT2D eigenvalue weighted by Gasteiger charge is -2.07. The zero-order chi connectivity index (χ0) is 9.33. The van der Waals surface area contributed by atoms with Gasteiger partial charge < -0.3 is 4.89 Å². The molecule has 4 nitrogen and oxygen atoms in total. The SMILES string of the molecule is CCOP(=O)(O)OCC.C[SiH3]. The molecule has 0 heterocycles. The van der Waals surface area contributed by atoms with E-state index in [9.17, 15) is 4.57 Å². The Morgan fingerprint density at radius 2 is 1.55 bits per heavy atom. The van der Waals surface area contributed by atoms with Crippen LogP contribution >= 0.6 is 7.82 Å².